The third kappa shape index (κ3) is 4.24. The quantitative estimate of drug-likeness (QED) is 0.857. The number of hydrogen-bond acceptors (Lipinski definition) is 4. The molecule has 1 heterocycles. The molecule has 0 aromatic carbocycles. The monoisotopic (exact) mass is 273 g/mol. The molecule has 0 radical (unpaired) electrons. The van der Waals surface area contributed by atoms with E-state index in [1.165, 1.54) is 0 Å². The first-order chi connectivity index (χ1) is 7.13. The Bertz CT molecular complexity index is 291. The van der Waals surface area contributed by atoms with Crippen molar-refractivity contribution in [3.8, 4) is 0 Å². The summed E-state index contributed by atoms with van der Waals surface area (Å²) in [5.74, 6) is 0.767. The molecule has 1 rings (SSSR count). The predicted molar refractivity (Wildman–Crippen MR) is 62.4 cm³/mol. The van der Waals surface area contributed by atoms with E-state index in [1.807, 2.05) is 13.8 Å². The van der Waals surface area contributed by atoms with Gasteiger partial charge in [0.05, 0.1) is 10.5 Å². The molecule has 4 nitrogen and oxygen atoms in total. The Morgan fingerprint density at radius 1 is 1.40 bits per heavy atom. The molecule has 0 saturated carbocycles. The highest BCUT2D eigenvalue weighted by atomic mass is 79.9. The number of nitrogens with one attached hydrogen (secondary N) is 1. The van der Waals surface area contributed by atoms with Gasteiger partial charge in [-0.25, -0.2) is 9.97 Å². The lowest BCUT2D eigenvalue weighted by atomic mass is 10.2. The van der Waals surface area contributed by atoms with Crippen molar-refractivity contribution in [2.75, 3.05) is 6.61 Å². The van der Waals surface area contributed by atoms with E-state index in [-0.39, 0.29) is 18.7 Å². The first-order valence-electron chi connectivity index (χ1n) is 4.98. The zero-order valence-corrected chi connectivity index (χ0v) is 10.5. The third-order valence-corrected chi connectivity index (χ3v) is 2.53. The minimum absolute atomic E-state index is 0.0969. The van der Waals surface area contributed by atoms with Crippen LogP contribution in [-0.2, 0) is 0 Å². The van der Waals surface area contributed by atoms with E-state index >= 15 is 0 Å². The van der Waals surface area contributed by atoms with Crippen LogP contribution in [0.5, 0.6) is 0 Å². The number of aromatic nitrogens is 2. The molecule has 15 heavy (non-hydrogen) atoms. The number of hydrogen-bond donors (Lipinski definition) is 2. The number of halogens is 1. The average molecular weight is 274 g/mol. The fraction of sp³-hybridized carbons (Fsp3) is 0.600. The van der Waals surface area contributed by atoms with E-state index in [4.69, 9.17) is 5.11 Å². The van der Waals surface area contributed by atoms with E-state index < -0.39 is 0 Å². The van der Waals surface area contributed by atoms with Crippen molar-refractivity contribution in [3.05, 3.63) is 22.7 Å². The molecule has 2 unspecified atom stereocenters. The maximum absolute atomic E-state index is 8.78. The molecule has 0 bridgehead atoms. The SMILES string of the molecule is CC(CCO)NC(C)c1ncc(Br)cn1. The summed E-state index contributed by atoms with van der Waals surface area (Å²) in [5.41, 5.74) is 0. The molecule has 1 aromatic heterocycles. The summed E-state index contributed by atoms with van der Waals surface area (Å²) in [5, 5.41) is 12.1. The molecule has 2 atom stereocenters. The Kier molecular flexibility index (Phi) is 5.14. The zero-order chi connectivity index (χ0) is 11.3. The van der Waals surface area contributed by atoms with E-state index in [0.717, 1.165) is 16.7 Å². The van der Waals surface area contributed by atoms with E-state index in [1.54, 1.807) is 12.4 Å². The largest absolute Gasteiger partial charge is 0.396 e. The van der Waals surface area contributed by atoms with Crippen molar-refractivity contribution in [2.24, 2.45) is 0 Å². The molecule has 5 heteroatoms. The van der Waals surface area contributed by atoms with Gasteiger partial charge < -0.3 is 10.4 Å². The Labute approximate surface area is 98.3 Å². The Hall–Kier alpha value is -0.520. The fourth-order valence-electron chi connectivity index (χ4n) is 1.32. The molecule has 0 amide bonds. The van der Waals surface area contributed by atoms with Gasteiger partial charge in [0.25, 0.3) is 0 Å². The van der Waals surface area contributed by atoms with Gasteiger partial charge in [-0.3, -0.25) is 0 Å². The second kappa shape index (κ2) is 6.15. The van der Waals surface area contributed by atoms with Gasteiger partial charge in [0.1, 0.15) is 5.82 Å². The Morgan fingerprint density at radius 2 is 2.00 bits per heavy atom. The number of nitrogens with zero attached hydrogens (tertiary/aromatic N) is 2. The molecule has 0 saturated heterocycles. The first-order valence-corrected chi connectivity index (χ1v) is 5.77. The fourth-order valence-corrected chi connectivity index (χ4v) is 1.53. The highest BCUT2D eigenvalue weighted by Gasteiger charge is 2.11. The summed E-state index contributed by atoms with van der Waals surface area (Å²) >= 11 is 3.29. The highest BCUT2D eigenvalue weighted by molar-refractivity contribution is 9.10. The third-order valence-electron chi connectivity index (χ3n) is 2.12. The van der Waals surface area contributed by atoms with Crippen molar-refractivity contribution < 1.29 is 5.11 Å². The standard InChI is InChI=1S/C10H16BrN3O/c1-7(3-4-15)14-8(2)10-12-5-9(11)6-13-10/h5-8,14-15H,3-4H2,1-2H3. The second-order valence-electron chi connectivity index (χ2n) is 3.56. The van der Waals surface area contributed by atoms with Gasteiger partial charge in [0.2, 0.25) is 0 Å². The lowest BCUT2D eigenvalue weighted by Crippen LogP contribution is -2.30. The Balaban J connectivity index is 2.53. The van der Waals surface area contributed by atoms with Gasteiger partial charge in [-0.2, -0.15) is 0 Å². The van der Waals surface area contributed by atoms with Gasteiger partial charge in [-0.15, -0.1) is 0 Å². The smallest absolute Gasteiger partial charge is 0.144 e. The van der Waals surface area contributed by atoms with Crippen LogP contribution in [0.15, 0.2) is 16.9 Å². The topological polar surface area (TPSA) is 58.0 Å². The summed E-state index contributed by atoms with van der Waals surface area (Å²) in [7, 11) is 0. The minimum atomic E-state index is 0.0969. The number of aliphatic hydroxyl groups is 1. The van der Waals surface area contributed by atoms with Crippen LogP contribution in [0.1, 0.15) is 32.1 Å². The molecule has 1 aromatic rings. The summed E-state index contributed by atoms with van der Waals surface area (Å²) < 4.78 is 0.877. The number of rotatable bonds is 5. The Morgan fingerprint density at radius 3 is 2.53 bits per heavy atom. The summed E-state index contributed by atoms with van der Waals surface area (Å²) in [6, 6.07) is 0.358. The maximum atomic E-state index is 8.78. The van der Waals surface area contributed by atoms with Crippen molar-refractivity contribution in [1.29, 1.82) is 0 Å². The van der Waals surface area contributed by atoms with Crippen LogP contribution in [0.2, 0.25) is 0 Å². The first kappa shape index (κ1) is 12.5. The lowest BCUT2D eigenvalue weighted by Gasteiger charge is -2.17. The van der Waals surface area contributed by atoms with Gasteiger partial charge in [0, 0.05) is 25.0 Å². The van der Waals surface area contributed by atoms with Crippen LogP contribution in [-0.4, -0.2) is 27.7 Å². The maximum Gasteiger partial charge on any atom is 0.144 e. The highest BCUT2D eigenvalue weighted by Crippen LogP contribution is 2.11. The average Bonchev–Trinajstić information content (AvgIpc) is 2.18. The predicted octanol–water partition coefficient (Wildman–Crippen LogP) is 1.66. The van der Waals surface area contributed by atoms with Crippen LogP contribution in [0.4, 0.5) is 0 Å². The number of aliphatic hydroxyl groups excluding tert-OH is 1. The molecular formula is C10H16BrN3O. The minimum Gasteiger partial charge on any atom is -0.396 e. The summed E-state index contributed by atoms with van der Waals surface area (Å²) in [6.45, 7) is 4.24. The zero-order valence-electron chi connectivity index (χ0n) is 8.94. The molecule has 0 fully saturated rings. The van der Waals surface area contributed by atoms with Gasteiger partial charge in [0.15, 0.2) is 0 Å². The second-order valence-corrected chi connectivity index (χ2v) is 4.48. The molecule has 0 aliphatic rings. The molecule has 0 aliphatic carbocycles. The van der Waals surface area contributed by atoms with Crippen molar-refractivity contribution in [1.82, 2.24) is 15.3 Å². The van der Waals surface area contributed by atoms with Crippen molar-refractivity contribution in [3.63, 3.8) is 0 Å². The normalized spacial score (nSPS) is 14.9. The van der Waals surface area contributed by atoms with E-state index in [2.05, 4.69) is 31.2 Å². The van der Waals surface area contributed by atoms with Gasteiger partial charge >= 0.3 is 0 Å². The summed E-state index contributed by atoms with van der Waals surface area (Å²) in [6.07, 6.45) is 4.20. The van der Waals surface area contributed by atoms with Crippen LogP contribution >= 0.6 is 15.9 Å². The van der Waals surface area contributed by atoms with E-state index in [9.17, 15) is 0 Å². The van der Waals surface area contributed by atoms with Gasteiger partial charge in [-0.1, -0.05) is 0 Å². The van der Waals surface area contributed by atoms with Crippen LogP contribution < -0.4 is 5.32 Å². The van der Waals surface area contributed by atoms with Crippen molar-refractivity contribution >= 4 is 15.9 Å². The lowest BCUT2D eigenvalue weighted by molar-refractivity contribution is 0.263. The molecule has 0 aliphatic heterocycles. The van der Waals surface area contributed by atoms with Crippen LogP contribution in [0.25, 0.3) is 0 Å². The van der Waals surface area contributed by atoms with Crippen LogP contribution in [0, 0.1) is 0 Å². The summed E-state index contributed by atoms with van der Waals surface area (Å²) in [4.78, 5) is 8.42. The molecule has 0 spiro atoms. The van der Waals surface area contributed by atoms with E-state index in [0.29, 0.717) is 0 Å². The molecule has 84 valence electrons. The van der Waals surface area contributed by atoms with Gasteiger partial charge in [-0.05, 0) is 36.2 Å². The molecule has 2 N–H and O–H groups in total. The van der Waals surface area contributed by atoms with Crippen molar-refractivity contribution in [2.45, 2.75) is 32.4 Å². The molecular weight excluding hydrogens is 258 g/mol. The van der Waals surface area contributed by atoms with Crippen LogP contribution in [0.3, 0.4) is 0 Å².